The van der Waals surface area contributed by atoms with Crippen molar-refractivity contribution in [1.82, 2.24) is 0 Å². The summed E-state index contributed by atoms with van der Waals surface area (Å²) in [5.74, 6) is 0. The van der Waals surface area contributed by atoms with E-state index in [4.69, 9.17) is 4.91 Å². The van der Waals surface area contributed by atoms with Gasteiger partial charge in [-0.3, -0.25) is 0 Å². The van der Waals surface area contributed by atoms with Crippen LogP contribution in [0.25, 0.3) is 0 Å². The Morgan fingerprint density at radius 2 is 1.40 bits per heavy atom. The summed E-state index contributed by atoms with van der Waals surface area (Å²) in [4.78, 5) is 10.7. The molecule has 0 aromatic rings. The third-order valence-corrected chi connectivity index (χ3v) is 0. The molecule has 0 spiro atoms. The Hall–Kier alpha value is 2.03. The van der Waals surface area contributed by atoms with E-state index < -0.39 is 0 Å². The summed E-state index contributed by atoms with van der Waals surface area (Å²) in [5.41, 5.74) is 0. The fourth-order valence-electron chi connectivity index (χ4n) is 0. The molecule has 0 aliphatic rings. The zero-order chi connectivity index (χ0) is 2.71. The predicted octanol–water partition coefficient (Wildman–Crippen LogP) is -0.754. The summed E-state index contributed by atoms with van der Waals surface area (Å²) in [7, 11) is 1.65. The predicted molar refractivity (Wildman–Crippen MR) is 29.8 cm³/mol. The summed E-state index contributed by atoms with van der Waals surface area (Å²) < 4.78 is 0. The maximum atomic E-state index is 8.52. The molecule has 0 rings (SSSR count). The van der Waals surface area contributed by atoms with Gasteiger partial charge in [-0.15, -0.1) is 4.91 Å². The number of rotatable bonds is 0. The molecule has 0 fully saturated rings. The third kappa shape index (κ3) is 23.8. The van der Waals surface area contributed by atoms with Crippen molar-refractivity contribution in [2.75, 3.05) is 0 Å². The summed E-state index contributed by atoms with van der Waals surface area (Å²) >= 11 is 0. The zero-order valence-corrected chi connectivity index (χ0v) is 2.59. The SMILES string of the molecule is O=NP.[NaH].[NaH]. The zero-order valence-electron chi connectivity index (χ0n) is 1.43. The summed E-state index contributed by atoms with van der Waals surface area (Å²) in [5, 5.41) is 0. The molecular formula is H4NNa2OP. The van der Waals surface area contributed by atoms with Crippen LogP contribution in [-0.4, -0.2) is 59.1 Å². The molecule has 0 saturated heterocycles. The molecule has 1 atom stereocenters. The van der Waals surface area contributed by atoms with E-state index in [1.54, 1.807) is 9.39 Å². The van der Waals surface area contributed by atoms with Gasteiger partial charge in [-0.25, -0.2) is 0 Å². The topological polar surface area (TPSA) is 29.4 Å². The van der Waals surface area contributed by atoms with E-state index in [1.807, 2.05) is 0 Å². The number of hydrogen-bond acceptors (Lipinski definition) is 2. The quantitative estimate of drug-likeness (QED) is 0.229. The molecule has 0 amide bonds. The van der Waals surface area contributed by atoms with Crippen molar-refractivity contribution in [2.24, 2.45) is 4.95 Å². The first-order chi connectivity index (χ1) is 1.41. The van der Waals surface area contributed by atoms with E-state index >= 15 is 0 Å². The van der Waals surface area contributed by atoms with Gasteiger partial charge in [0.15, 0.2) is 0 Å². The molecule has 0 heterocycles. The van der Waals surface area contributed by atoms with Crippen LogP contribution in [0.15, 0.2) is 4.95 Å². The second kappa shape index (κ2) is 16.6. The molecule has 5 heavy (non-hydrogen) atoms. The number of nitroso groups, excluding NO2 is 1. The Labute approximate surface area is 77.3 Å². The van der Waals surface area contributed by atoms with Gasteiger partial charge in [-0.1, -0.05) is 4.95 Å². The van der Waals surface area contributed by atoms with Gasteiger partial charge in [0, 0.05) is 9.39 Å². The first-order valence-electron chi connectivity index (χ1n) is 0.441. The van der Waals surface area contributed by atoms with E-state index in [2.05, 4.69) is 4.95 Å². The molecule has 0 saturated carbocycles. The van der Waals surface area contributed by atoms with Crippen LogP contribution >= 0.6 is 9.39 Å². The Kier molecular flexibility index (Phi) is 52.3. The Morgan fingerprint density at radius 1 is 1.40 bits per heavy atom. The van der Waals surface area contributed by atoms with Gasteiger partial charge in [0.2, 0.25) is 0 Å². The van der Waals surface area contributed by atoms with Crippen LogP contribution in [0, 0.1) is 4.91 Å². The molecule has 1 unspecified atom stereocenters. The molecule has 0 aliphatic carbocycles. The van der Waals surface area contributed by atoms with Crippen molar-refractivity contribution >= 4 is 68.5 Å². The second-order valence-electron chi connectivity index (χ2n) is 0.105. The normalized spacial score (nSPS) is 2.60. The van der Waals surface area contributed by atoms with Gasteiger partial charge in [0.1, 0.15) is 0 Å². The van der Waals surface area contributed by atoms with E-state index in [9.17, 15) is 0 Å². The minimum atomic E-state index is 0. The van der Waals surface area contributed by atoms with E-state index in [1.165, 1.54) is 0 Å². The van der Waals surface area contributed by atoms with Gasteiger partial charge in [-0.2, -0.15) is 0 Å². The molecule has 22 valence electrons. The first-order valence-corrected chi connectivity index (χ1v) is 0.957. The number of hydrogen-bond donors (Lipinski definition) is 0. The summed E-state index contributed by atoms with van der Waals surface area (Å²) in [6.45, 7) is 0. The van der Waals surface area contributed by atoms with Gasteiger partial charge >= 0.3 is 59.1 Å². The third-order valence-electron chi connectivity index (χ3n) is 0. The first kappa shape index (κ1) is 15.7. The van der Waals surface area contributed by atoms with Crippen molar-refractivity contribution in [3.63, 3.8) is 0 Å². The fourth-order valence-corrected chi connectivity index (χ4v) is 0. The standard InChI is InChI=1S/H2NOP.2Na.2H/c2-1-3;;;;/h3H2;;;;. The summed E-state index contributed by atoms with van der Waals surface area (Å²) in [6.07, 6.45) is 0. The Bertz CT molecular complexity index is 17.1. The van der Waals surface area contributed by atoms with Gasteiger partial charge < -0.3 is 0 Å². The van der Waals surface area contributed by atoms with Crippen molar-refractivity contribution in [3.05, 3.63) is 4.91 Å². The van der Waals surface area contributed by atoms with Gasteiger partial charge in [-0.05, 0) is 0 Å². The van der Waals surface area contributed by atoms with Gasteiger partial charge in [0.25, 0.3) is 0 Å². The van der Waals surface area contributed by atoms with Crippen molar-refractivity contribution in [1.29, 1.82) is 0 Å². The maximum absolute atomic E-state index is 8.52. The van der Waals surface area contributed by atoms with Crippen LogP contribution in [0.4, 0.5) is 0 Å². The van der Waals surface area contributed by atoms with Crippen LogP contribution in [0.3, 0.4) is 0 Å². The molecule has 5 heteroatoms. The average Bonchev–Trinajstić information content (AvgIpc) is 0.918. The van der Waals surface area contributed by atoms with Crippen LogP contribution in [0.1, 0.15) is 0 Å². The van der Waals surface area contributed by atoms with E-state index in [0.29, 0.717) is 0 Å². The molecule has 0 aliphatic heterocycles. The van der Waals surface area contributed by atoms with Crippen molar-refractivity contribution in [2.45, 2.75) is 0 Å². The molecule has 0 aromatic carbocycles. The molecule has 0 N–H and O–H groups in total. The van der Waals surface area contributed by atoms with Crippen molar-refractivity contribution in [3.8, 4) is 0 Å². The van der Waals surface area contributed by atoms with Crippen LogP contribution in [0.2, 0.25) is 0 Å². The summed E-state index contributed by atoms with van der Waals surface area (Å²) in [6, 6.07) is 0. The Balaban J connectivity index is -0.0000000200. The fraction of sp³-hybridized carbons (Fsp3) is 0. The molecular weight excluding hydrogens is 107 g/mol. The molecule has 2 nitrogen and oxygen atoms in total. The monoisotopic (exact) mass is 111 g/mol. The van der Waals surface area contributed by atoms with Crippen LogP contribution < -0.4 is 0 Å². The number of nitrogens with zero attached hydrogens (tertiary/aromatic N) is 1. The van der Waals surface area contributed by atoms with Crippen LogP contribution in [-0.2, 0) is 0 Å². The molecule has 0 aromatic heterocycles. The van der Waals surface area contributed by atoms with E-state index in [-0.39, 0.29) is 59.1 Å². The van der Waals surface area contributed by atoms with Crippen LogP contribution in [0.5, 0.6) is 0 Å². The molecule has 0 radical (unpaired) electrons. The Morgan fingerprint density at radius 3 is 1.40 bits per heavy atom. The average molecular weight is 111 g/mol. The van der Waals surface area contributed by atoms with Crippen molar-refractivity contribution < 1.29 is 0 Å². The van der Waals surface area contributed by atoms with E-state index in [0.717, 1.165) is 0 Å². The molecule has 0 bridgehead atoms. The van der Waals surface area contributed by atoms with Gasteiger partial charge in [0.05, 0.1) is 0 Å². The second-order valence-corrected chi connectivity index (χ2v) is 0.316. The minimum absolute atomic E-state index is 0.